The fraction of sp³-hybridized carbons (Fsp3) is 0.571. The van der Waals surface area contributed by atoms with E-state index in [9.17, 15) is 4.79 Å². The minimum absolute atomic E-state index is 0. The summed E-state index contributed by atoms with van der Waals surface area (Å²) in [5.74, 6) is -0.157. The number of amides is 1. The van der Waals surface area contributed by atoms with E-state index < -0.39 is 0 Å². The van der Waals surface area contributed by atoms with Gasteiger partial charge in [-0.15, -0.1) is 29.9 Å². The van der Waals surface area contributed by atoms with Gasteiger partial charge in [-0.2, -0.15) is 0 Å². The van der Waals surface area contributed by atoms with Crippen LogP contribution < -0.4 is 10.6 Å². The number of nitrogens with one attached hydrogen (secondary N) is 2. The van der Waals surface area contributed by atoms with Crippen molar-refractivity contribution in [3.8, 4) is 0 Å². The van der Waals surface area contributed by atoms with E-state index >= 15 is 0 Å². The molecule has 7 nitrogen and oxygen atoms in total. The van der Waals surface area contributed by atoms with Gasteiger partial charge in [0.25, 0.3) is 5.91 Å². The van der Waals surface area contributed by atoms with E-state index in [-0.39, 0.29) is 30.7 Å². The molecule has 168 valence electrons. The molecule has 1 aliphatic heterocycles. The van der Waals surface area contributed by atoms with Crippen LogP contribution in [0, 0.1) is 6.92 Å². The predicted molar refractivity (Wildman–Crippen MR) is 125 cm³/mol. The van der Waals surface area contributed by atoms with Gasteiger partial charge in [-0.25, -0.2) is 4.68 Å². The number of rotatable bonds is 8. The molecule has 2 N–H and O–H groups in total. The summed E-state index contributed by atoms with van der Waals surface area (Å²) in [6, 6.07) is 8.62. The average molecular weight is 457 g/mol. The summed E-state index contributed by atoms with van der Waals surface area (Å²) in [6.45, 7) is 11.6. The minimum Gasteiger partial charge on any atom is -0.346 e. The van der Waals surface area contributed by atoms with Crippen molar-refractivity contribution in [2.75, 3.05) is 26.2 Å². The van der Waals surface area contributed by atoms with Crippen LogP contribution in [-0.4, -0.2) is 52.0 Å². The molecule has 30 heavy (non-hydrogen) atoms. The second kappa shape index (κ2) is 12.9. The second-order valence-electron chi connectivity index (χ2n) is 7.36. The van der Waals surface area contributed by atoms with E-state index in [4.69, 9.17) is 0 Å². The first-order chi connectivity index (χ1) is 13.6. The SMILES string of the molecule is CCN(CC)Cc1ccccc1CNC(=O)c1nnn(C2CCNCC2)c1C.Cl.Cl. The highest BCUT2D eigenvalue weighted by atomic mass is 35.5. The topological polar surface area (TPSA) is 75.1 Å². The zero-order chi connectivity index (χ0) is 19.9. The number of hydrogen-bond donors (Lipinski definition) is 2. The molecule has 1 aromatic carbocycles. The first-order valence-electron chi connectivity index (χ1n) is 10.3. The van der Waals surface area contributed by atoms with Gasteiger partial charge < -0.3 is 10.6 Å². The van der Waals surface area contributed by atoms with Gasteiger partial charge in [0.15, 0.2) is 5.69 Å². The first-order valence-corrected chi connectivity index (χ1v) is 10.3. The van der Waals surface area contributed by atoms with Gasteiger partial charge in [-0.05, 0) is 57.1 Å². The van der Waals surface area contributed by atoms with Crippen molar-refractivity contribution < 1.29 is 4.79 Å². The molecule has 1 fully saturated rings. The van der Waals surface area contributed by atoms with Gasteiger partial charge in [0.2, 0.25) is 0 Å². The predicted octanol–water partition coefficient (Wildman–Crippen LogP) is 3.13. The number of hydrogen-bond acceptors (Lipinski definition) is 5. The molecule has 1 aromatic heterocycles. The summed E-state index contributed by atoms with van der Waals surface area (Å²) in [4.78, 5) is 15.1. The lowest BCUT2D eigenvalue weighted by molar-refractivity contribution is 0.0945. The average Bonchev–Trinajstić information content (AvgIpc) is 3.13. The van der Waals surface area contributed by atoms with E-state index in [2.05, 4.69) is 57.9 Å². The lowest BCUT2D eigenvalue weighted by atomic mass is 10.1. The fourth-order valence-electron chi connectivity index (χ4n) is 3.78. The normalized spacial score (nSPS) is 14.1. The van der Waals surface area contributed by atoms with Crippen molar-refractivity contribution >= 4 is 30.7 Å². The van der Waals surface area contributed by atoms with Gasteiger partial charge in [0, 0.05) is 13.1 Å². The lowest BCUT2D eigenvalue weighted by Gasteiger charge is -2.23. The third kappa shape index (κ3) is 6.41. The Balaban J connectivity index is 0.00000225. The number of nitrogens with zero attached hydrogens (tertiary/aromatic N) is 4. The molecular weight excluding hydrogens is 423 g/mol. The van der Waals surface area contributed by atoms with Crippen LogP contribution in [0.3, 0.4) is 0 Å². The Bertz CT molecular complexity index is 788. The van der Waals surface area contributed by atoms with Gasteiger partial charge in [0.1, 0.15) is 0 Å². The molecule has 9 heteroatoms. The zero-order valence-electron chi connectivity index (χ0n) is 18.1. The minimum atomic E-state index is -0.157. The fourth-order valence-corrected chi connectivity index (χ4v) is 3.78. The Hall–Kier alpha value is -1.67. The molecule has 0 unspecified atom stereocenters. The zero-order valence-corrected chi connectivity index (χ0v) is 19.7. The molecule has 1 saturated heterocycles. The molecular formula is C21H34Cl2N6O. The molecule has 1 amide bonds. The lowest BCUT2D eigenvalue weighted by Crippen LogP contribution is -2.30. The number of piperidine rings is 1. The van der Waals surface area contributed by atoms with Crippen LogP contribution in [0.4, 0.5) is 0 Å². The van der Waals surface area contributed by atoms with Crippen LogP contribution in [0.5, 0.6) is 0 Å². The van der Waals surface area contributed by atoms with Gasteiger partial charge in [-0.1, -0.05) is 43.3 Å². The molecule has 0 spiro atoms. The molecule has 0 bridgehead atoms. The number of carbonyl (C=O) groups is 1. The maximum atomic E-state index is 12.7. The molecule has 1 aliphatic rings. The number of benzene rings is 1. The number of aromatic nitrogens is 3. The van der Waals surface area contributed by atoms with E-state index in [0.717, 1.165) is 56.8 Å². The largest absolute Gasteiger partial charge is 0.346 e. The van der Waals surface area contributed by atoms with Crippen molar-refractivity contribution in [3.63, 3.8) is 0 Å². The molecule has 2 heterocycles. The summed E-state index contributed by atoms with van der Waals surface area (Å²) in [5.41, 5.74) is 3.67. The second-order valence-corrected chi connectivity index (χ2v) is 7.36. The summed E-state index contributed by atoms with van der Waals surface area (Å²) in [6.07, 6.45) is 2.04. The standard InChI is InChI=1S/C21H32N6O.2ClH/c1-4-26(5-2)15-18-9-7-6-8-17(18)14-23-21(28)20-16(3)27(25-24-20)19-10-12-22-13-11-19;;/h6-9,19,22H,4-5,10-15H2,1-3H3,(H,23,28);2*1H. The van der Waals surface area contributed by atoms with Crippen molar-refractivity contribution in [3.05, 3.63) is 46.8 Å². The van der Waals surface area contributed by atoms with Crippen LogP contribution in [0.25, 0.3) is 0 Å². The maximum absolute atomic E-state index is 12.7. The van der Waals surface area contributed by atoms with Gasteiger partial charge in [-0.3, -0.25) is 9.69 Å². The third-order valence-electron chi connectivity index (χ3n) is 5.64. The molecule has 0 radical (unpaired) electrons. The van der Waals surface area contributed by atoms with Crippen LogP contribution in [0.1, 0.15) is 60.0 Å². The number of halogens is 2. The van der Waals surface area contributed by atoms with Crippen molar-refractivity contribution in [1.82, 2.24) is 30.5 Å². The highest BCUT2D eigenvalue weighted by molar-refractivity contribution is 5.93. The Labute approximate surface area is 191 Å². The van der Waals surface area contributed by atoms with E-state index in [0.29, 0.717) is 18.3 Å². The molecule has 0 saturated carbocycles. The Morgan fingerprint density at radius 3 is 2.43 bits per heavy atom. The molecule has 0 aliphatic carbocycles. The molecule has 2 aromatic rings. The molecule has 3 rings (SSSR count). The van der Waals surface area contributed by atoms with Gasteiger partial charge >= 0.3 is 0 Å². The molecule has 0 atom stereocenters. The summed E-state index contributed by atoms with van der Waals surface area (Å²) in [5, 5.41) is 14.8. The van der Waals surface area contributed by atoms with Crippen LogP contribution in [0.2, 0.25) is 0 Å². The summed E-state index contributed by atoms with van der Waals surface area (Å²) in [7, 11) is 0. The quantitative estimate of drug-likeness (QED) is 0.637. The highest BCUT2D eigenvalue weighted by Gasteiger charge is 2.22. The van der Waals surface area contributed by atoms with E-state index in [1.807, 2.05) is 17.7 Å². The van der Waals surface area contributed by atoms with Crippen LogP contribution in [0.15, 0.2) is 24.3 Å². The Morgan fingerprint density at radius 1 is 1.17 bits per heavy atom. The highest BCUT2D eigenvalue weighted by Crippen LogP contribution is 2.20. The van der Waals surface area contributed by atoms with E-state index in [1.165, 1.54) is 5.56 Å². The third-order valence-corrected chi connectivity index (χ3v) is 5.64. The maximum Gasteiger partial charge on any atom is 0.274 e. The summed E-state index contributed by atoms with van der Waals surface area (Å²) >= 11 is 0. The Kier molecular flexibility index (Phi) is 11.3. The van der Waals surface area contributed by atoms with Crippen molar-refractivity contribution in [1.29, 1.82) is 0 Å². The van der Waals surface area contributed by atoms with Crippen molar-refractivity contribution in [2.24, 2.45) is 0 Å². The van der Waals surface area contributed by atoms with Crippen LogP contribution in [-0.2, 0) is 13.1 Å². The smallest absolute Gasteiger partial charge is 0.274 e. The first kappa shape index (κ1) is 26.4. The van der Waals surface area contributed by atoms with Gasteiger partial charge in [0.05, 0.1) is 11.7 Å². The Morgan fingerprint density at radius 2 is 1.80 bits per heavy atom. The van der Waals surface area contributed by atoms with E-state index in [1.54, 1.807) is 0 Å². The summed E-state index contributed by atoms with van der Waals surface area (Å²) < 4.78 is 1.92. The van der Waals surface area contributed by atoms with Crippen molar-refractivity contribution in [2.45, 2.75) is 52.7 Å². The number of carbonyl (C=O) groups excluding carboxylic acids is 1. The van der Waals surface area contributed by atoms with Crippen LogP contribution >= 0.6 is 24.8 Å². The monoisotopic (exact) mass is 456 g/mol.